The molecule has 166 valence electrons. The Morgan fingerprint density at radius 1 is 1.19 bits per heavy atom. The van der Waals surface area contributed by atoms with Gasteiger partial charge in [-0.15, -0.1) is 0 Å². The molecule has 2 aliphatic carbocycles. The predicted molar refractivity (Wildman–Crippen MR) is 124 cm³/mol. The molecule has 1 atom stereocenters. The molecule has 2 heterocycles. The number of aromatic amines is 1. The van der Waals surface area contributed by atoms with Gasteiger partial charge in [-0.05, 0) is 74.6 Å². The van der Waals surface area contributed by atoms with Gasteiger partial charge in [0.05, 0.1) is 23.6 Å². The van der Waals surface area contributed by atoms with Gasteiger partial charge in [-0.1, -0.05) is 31.5 Å². The average Bonchev–Trinajstić information content (AvgIpc) is 3.16. The molecule has 1 amide bonds. The number of hydrogen-bond donors (Lipinski definition) is 2. The van der Waals surface area contributed by atoms with Crippen molar-refractivity contribution in [1.82, 2.24) is 20.1 Å². The van der Waals surface area contributed by atoms with E-state index >= 15 is 0 Å². The zero-order valence-electron chi connectivity index (χ0n) is 19.0. The van der Waals surface area contributed by atoms with Crippen molar-refractivity contribution in [2.24, 2.45) is 5.41 Å². The van der Waals surface area contributed by atoms with Crippen LogP contribution in [0.5, 0.6) is 0 Å². The van der Waals surface area contributed by atoms with Crippen molar-refractivity contribution in [3.63, 3.8) is 0 Å². The van der Waals surface area contributed by atoms with Crippen LogP contribution in [0.4, 0.5) is 0 Å². The molecule has 32 heavy (non-hydrogen) atoms. The lowest BCUT2D eigenvalue weighted by atomic mass is 9.74. The Morgan fingerprint density at radius 3 is 2.72 bits per heavy atom. The van der Waals surface area contributed by atoms with Crippen LogP contribution in [0.25, 0.3) is 5.69 Å². The molecular weight excluding hydrogens is 400 g/mol. The van der Waals surface area contributed by atoms with Gasteiger partial charge in [-0.2, -0.15) is 5.10 Å². The summed E-state index contributed by atoms with van der Waals surface area (Å²) in [5.41, 5.74) is 6.37. The summed E-state index contributed by atoms with van der Waals surface area (Å²) in [7, 11) is 0. The maximum Gasteiger partial charge on any atom is 0.261 e. The first-order valence-electron chi connectivity index (χ1n) is 11.5. The number of carbonyl (C=O) groups is 1. The Kier molecular flexibility index (Phi) is 5.03. The largest absolute Gasteiger partial charge is 0.345 e. The minimum Gasteiger partial charge on any atom is -0.345 e. The molecule has 5 rings (SSSR count). The van der Waals surface area contributed by atoms with E-state index in [1.54, 1.807) is 6.07 Å². The smallest absolute Gasteiger partial charge is 0.261 e. The predicted octanol–water partition coefficient (Wildman–Crippen LogP) is 4.19. The van der Waals surface area contributed by atoms with Crippen LogP contribution in [0, 0.1) is 12.3 Å². The molecule has 2 N–H and O–H groups in total. The normalized spacial score (nSPS) is 19.2. The number of aryl methyl sites for hydroxylation is 3. The summed E-state index contributed by atoms with van der Waals surface area (Å²) in [6.07, 6.45) is 7.52. The number of benzene rings is 1. The lowest BCUT2D eigenvalue weighted by Gasteiger charge is -2.36. The molecule has 3 aromatic rings. The second-order valence-corrected chi connectivity index (χ2v) is 10.1. The summed E-state index contributed by atoms with van der Waals surface area (Å²) in [5.74, 6) is -0.309. The van der Waals surface area contributed by atoms with Crippen LogP contribution in [-0.4, -0.2) is 20.7 Å². The molecule has 6 heteroatoms. The Balaban J connectivity index is 1.47. The summed E-state index contributed by atoms with van der Waals surface area (Å²) in [6, 6.07) is 9.93. The van der Waals surface area contributed by atoms with Gasteiger partial charge in [0.1, 0.15) is 5.56 Å². The Labute approximate surface area is 188 Å². The molecule has 0 aliphatic heterocycles. The summed E-state index contributed by atoms with van der Waals surface area (Å²) in [4.78, 5) is 28.8. The maximum absolute atomic E-state index is 13.2. The quantitative estimate of drug-likeness (QED) is 0.654. The summed E-state index contributed by atoms with van der Waals surface area (Å²) < 4.78 is 1.99. The van der Waals surface area contributed by atoms with E-state index in [4.69, 9.17) is 0 Å². The van der Waals surface area contributed by atoms with Crippen LogP contribution in [0.1, 0.15) is 77.6 Å². The highest BCUT2D eigenvalue weighted by Crippen LogP contribution is 2.41. The monoisotopic (exact) mass is 430 g/mol. The number of fused-ring (bicyclic) bond motifs is 2. The molecule has 0 saturated carbocycles. The highest BCUT2D eigenvalue weighted by molar-refractivity contribution is 5.94. The second-order valence-electron chi connectivity index (χ2n) is 10.1. The van der Waals surface area contributed by atoms with Crippen molar-refractivity contribution in [1.29, 1.82) is 0 Å². The van der Waals surface area contributed by atoms with Gasteiger partial charge < -0.3 is 10.3 Å². The van der Waals surface area contributed by atoms with E-state index in [2.05, 4.69) is 60.4 Å². The Morgan fingerprint density at radius 2 is 1.94 bits per heavy atom. The maximum atomic E-state index is 13.2. The van der Waals surface area contributed by atoms with E-state index in [9.17, 15) is 9.59 Å². The molecule has 1 unspecified atom stereocenters. The molecule has 1 aromatic carbocycles. The number of amides is 1. The van der Waals surface area contributed by atoms with E-state index in [0.29, 0.717) is 0 Å². The van der Waals surface area contributed by atoms with Crippen molar-refractivity contribution in [3.05, 3.63) is 80.5 Å². The number of carbonyl (C=O) groups excluding carboxylic acids is 1. The lowest BCUT2D eigenvalue weighted by molar-refractivity contribution is 0.0917. The van der Waals surface area contributed by atoms with Gasteiger partial charge in [0.25, 0.3) is 11.5 Å². The van der Waals surface area contributed by atoms with Crippen LogP contribution in [-0.2, 0) is 19.3 Å². The molecule has 0 fully saturated rings. The molecule has 0 bridgehead atoms. The fourth-order valence-corrected chi connectivity index (χ4v) is 5.16. The minimum atomic E-state index is -0.309. The van der Waals surface area contributed by atoms with E-state index in [1.807, 2.05) is 10.9 Å². The van der Waals surface area contributed by atoms with E-state index < -0.39 is 0 Å². The first-order valence-corrected chi connectivity index (χ1v) is 11.5. The number of rotatable bonds is 3. The average molecular weight is 431 g/mol. The lowest BCUT2D eigenvalue weighted by Crippen LogP contribution is -2.38. The number of nitrogens with one attached hydrogen (secondary N) is 2. The number of H-pyrrole nitrogens is 1. The van der Waals surface area contributed by atoms with Crippen molar-refractivity contribution in [2.75, 3.05) is 0 Å². The molecule has 6 nitrogen and oxygen atoms in total. The highest BCUT2D eigenvalue weighted by atomic mass is 16.2. The number of hydrogen-bond acceptors (Lipinski definition) is 3. The van der Waals surface area contributed by atoms with Crippen LogP contribution < -0.4 is 10.9 Å². The molecular formula is C26H30N4O2. The fourth-order valence-electron chi connectivity index (χ4n) is 5.16. The van der Waals surface area contributed by atoms with Crippen LogP contribution in [0.3, 0.4) is 0 Å². The summed E-state index contributed by atoms with van der Waals surface area (Å²) in [5, 5.41) is 7.82. The molecule has 0 spiro atoms. The number of aromatic nitrogens is 3. The van der Waals surface area contributed by atoms with Crippen LogP contribution >= 0.6 is 0 Å². The van der Waals surface area contributed by atoms with Gasteiger partial charge in [0.2, 0.25) is 0 Å². The van der Waals surface area contributed by atoms with Crippen LogP contribution in [0.15, 0.2) is 41.3 Å². The Bertz CT molecular complexity index is 1230. The van der Waals surface area contributed by atoms with Crippen LogP contribution in [0.2, 0.25) is 0 Å². The summed E-state index contributed by atoms with van der Waals surface area (Å²) >= 11 is 0. The number of nitrogens with zero attached hydrogens (tertiary/aromatic N) is 2. The minimum absolute atomic E-state index is 0.00427. The third kappa shape index (κ3) is 3.78. The van der Waals surface area contributed by atoms with Gasteiger partial charge in [-0.3, -0.25) is 9.59 Å². The second kappa shape index (κ2) is 7.76. The van der Waals surface area contributed by atoms with E-state index in [0.717, 1.165) is 66.7 Å². The number of pyridine rings is 1. The Hall–Kier alpha value is -3.15. The first-order chi connectivity index (χ1) is 15.3. The van der Waals surface area contributed by atoms with Gasteiger partial charge >= 0.3 is 0 Å². The third-order valence-electron chi connectivity index (χ3n) is 6.85. The fraction of sp³-hybridized carbons (Fsp3) is 0.423. The first kappa shape index (κ1) is 20.7. The summed E-state index contributed by atoms with van der Waals surface area (Å²) in [6.45, 7) is 6.50. The van der Waals surface area contributed by atoms with E-state index in [-0.39, 0.29) is 28.5 Å². The van der Waals surface area contributed by atoms with Crippen molar-refractivity contribution < 1.29 is 4.79 Å². The molecule has 2 aliphatic rings. The van der Waals surface area contributed by atoms with E-state index in [1.165, 1.54) is 5.56 Å². The zero-order valence-corrected chi connectivity index (χ0v) is 19.0. The molecule has 2 aromatic heterocycles. The highest BCUT2D eigenvalue weighted by Gasteiger charge is 2.36. The van der Waals surface area contributed by atoms with Crippen molar-refractivity contribution in [2.45, 2.75) is 65.3 Å². The molecule has 0 radical (unpaired) electrons. The zero-order chi connectivity index (χ0) is 22.5. The SMILES string of the molecule is Cc1ccc(-n2ncc3c2CC(C)(C)CC3NC(=O)c2cc3c([nH]c2=O)CCCC3)cc1. The van der Waals surface area contributed by atoms with Gasteiger partial charge in [0, 0.05) is 11.3 Å². The van der Waals surface area contributed by atoms with Gasteiger partial charge in [-0.25, -0.2) is 4.68 Å². The van der Waals surface area contributed by atoms with Crippen molar-refractivity contribution >= 4 is 5.91 Å². The third-order valence-corrected chi connectivity index (χ3v) is 6.85. The topological polar surface area (TPSA) is 79.8 Å². The standard InChI is InChI=1S/C26H30N4O2/c1-16-8-10-18(11-9-16)30-23-14-26(2,3)13-22(20(23)15-27-30)29-25(32)19-12-17-6-4-5-7-21(17)28-24(19)31/h8-12,15,22H,4-7,13-14H2,1-3H3,(H,28,31)(H,29,32). The molecule has 0 saturated heterocycles. The van der Waals surface area contributed by atoms with Crippen molar-refractivity contribution in [3.8, 4) is 5.69 Å². The van der Waals surface area contributed by atoms with Gasteiger partial charge in [0.15, 0.2) is 0 Å².